The van der Waals surface area contributed by atoms with Crippen molar-refractivity contribution in [1.82, 2.24) is 15.3 Å². The first kappa shape index (κ1) is 26.7. The minimum Gasteiger partial charge on any atom is -0.365 e. The second kappa shape index (κ2) is 9.51. The smallest absolute Gasteiger partial charge is 0.365 e. The molecule has 2 aliphatic rings. The fourth-order valence-corrected chi connectivity index (χ4v) is 5.16. The van der Waals surface area contributed by atoms with Gasteiger partial charge in [-0.15, -0.1) is 0 Å². The lowest BCUT2D eigenvalue weighted by Crippen LogP contribution is -2.60. The van der Waals surface area contributed by atoms with E-state index in [2.05, 4.69) is 58.8 Å². The number of alkyl halides is 3. The van der Waals surface area contributed by atoms with Crippen molar-refractivity contribution in [2.24, 2.45) is 5.22 Å². The van der Waals surface area contributed by atoms with Crippen molar-refractivity contribution in [3.8, 4) is 0 Å². The Kier molecular flexibility index (Phi) is 6.86. The fourth-order valence-electron chi connectivity index (χ4n) is 5.16. The van der Waals surface area contributed by atoms with Gasteiger partial charge in [0, 0.05) is 22.8 Å². The summed E-state index contributed by atoms with van der Waals surface area (Å²) in [5.74, 6) is -2.29. The van der Waals surface area contributed by atoms with Gasteiger partial charge in [0.05, 0.1) is 11.9 Å². The third kappa shape index (κ3) is 6.32. The molecule has 0 spiro atoms. The van der Waals surface area contributed by atoms with Crippen LogP contribution in [0.25, 0.3) is 0 Å². The van der Waals surface area contributed by atoms with Crippen LogP contribution >= 0.6 is 0 Å². The minimum absolute atomic E-state index is 0.0208. The number of halogens is 4. The van der Waals surface area contributed by atoms with Gasteiger partial charge in [-0.3, -0.25) is 5.41 Å². The number of nitrogens with zero attached hydrogens (tertiary/aromatic N) is 4. The van der Waals surface area contributed by atoms with Crippen molar-refractivity contribution in [2.75, 3.05) is 15.6 Å². The van der Waals surface area contributed by atoms with Gasteiger partial charge in [-0.25, -0.2) is 9.37 Å². The van der Waals surface area contributed by atoms with Gasteiger partial charge < -0.3 is 16.0 Å². The van der Waals surface area contributed by atoms with E-state index >= 15 is 0 Å². The molecule has 4 rings (SSSR count). The topological polar surface area (TPSA) is 125 Å². The van der Waals surface area contributed by atoms with Gasteiger partial charge in [0.2, 0.25) is 11.8 Å². The van der Waals surface area contributed by atoms with Crippen LogP contribution in [-0.2, 0) is 0 Å². The monoisotopic (exact) mass is 521 g/mol. The van der Waals surface area contributed by atoms with Gasteiger partial charge in [0.25, 0.3) is 0 Å². The maximum Gasteiger partial charge on any atom is 0.451 e. The number of rotatable bonds is 7. The number of benzene rings is 1. The summed E-state index contributed by atoms with van der Waals surface area (Å²) < 4.78 is 54.4. The summed E-state index contributed by atoms with van der Waals surface area (Å²) in [7, 11) is 0. The Morgan fingerprint density at radius 1 is 1.16 bits per heavy atom. The van der Waals surface area contributed by atoms with Gasteiger partial charge in [-0.05, 0) is 77.0 Å². The van der Waals surface area contributed by atoms with Crippen molar-refractivity contribution in [1.29, 1.82) is 10.9 Å². The third-order valence-electron chi connectivity index (χ3n) is 6.39. The molecule has 5 N–H and O–H groups in total. The first-order valence-corrected chi connectivity index (χ1v) is 12.0. The lowest BCUT2D eigenvalue weighted by Gasteiger charge is -2.46. The fraction of sp³-hybridized carbons (Fsp3) is 0.542. The molecule has 1 aliphatic heterocycles. The molecular weight excluding hydrogens is 490 g/mol. The summed E-state index contributed by atoms with van der Waals surface area (Å²) in [5.41, 5.74) is 7.82. The van der Waals surface area contributed by atoms with E-state index in [1.165, 1.54) is 6.07 Å². The number of amidine groups is 1. The predicted molar refractivity (Wildman–Crippen MR) is 133 cm³/mol. The van der Waals surface area contributed by atoms with E-state index in [9.17, 15) is 17.6 Å². The molecule has 0 bridgehead atoms. The Balaban J connectivity index is 1.59. The largest absolute Gasteiger partial charge is 0.451 e. The standard InChI is InChI=1S/C24H31F4N9/c1-22(2)10-15(11-23(3,4)35-22)32-19-17(25)12-31-21(34-19)33-14-7-8-16(13-5-6-13)18(9-14)37(36-30)20(29)24(26,27)28/h7-9,12-13,15,29-30,35H,5-6,10-11H2,1-4H3,(H2,31,32,33,34). The molecule has 2 fully saturated rings. The molecule has 1 aromatic heterocycles. The van der Waals surface area contributed by atoms with Crippen LogP contribution < -0.4 is 21.0 Å². The Bertz CT molecular complexity index is 1180. The Hall–Kier alpha value is -3.35. The molecular formula is C24H31F4N9. The van der Waals surface area contributed by atoms with Gasteiger partial charge in [0.1, 0.15) is 0 Å². The second-order valence-electron chi connectivity index (χ2n) is 11.0. The van der Waals surface area contributed by atoms with E-state index in [0.29, 0.717) is 11.3 Å². The van der Waals surface area contributed by atoms with Crippen LogP contribution in [0.4, 0.5) is 40.7 Å². The lowest BCUT2D eigenvalue weighted by molar-refractivity contribution is -0.0610. The molecule has 0 unspecified atom stereocenters. The number of aromatic nitrogens is 2. The summed E-state index contributed by atoms with van der Waals surface area (Å²) in [4.78, 5) is 8.25. The number of piperidine rings is 1. The number of hydrogen-bond acceptors (Lipinski definition) is 8. The van der Waals surface area contributed by atoms with Crippen LogP contribution in [0, 0.1) is 16.8 Å². The zero-order valence-corrected chi connectivity index (χ0v) is 21.1. The van der Waals surface area contributed by atoms with Crippen LogP contribution in [0.2, 0.25) is 0 Å². The van der Waals surface area contributed by atoms with E-state index < -0.39 is 17.8 Å². The molecule has 1 aliphatic carbocycles. The molecule has 1 aromatic carbocycles. The summed E-state index contributed by atoms with van der Waals surface area (Å²) >= 11 is 0. The van der Waals surface area contributed by atoms with E-state index in [1.807, 2.05) is 0 Å². The van der Waals surface area contributed by atoms with Crippen molar-refractivity contribution >= 4 is 29.0 Å². The first-order chi connectivity index (χ1) is 17.2. The SMILES string of the molecule is CC1(C)CC(Nc2nc(Nc3ccc(C4CC4)c(N(N=N)C(=N)C(F)(F)F)c3)ncc2F)CC(C)(C)N1. The van der Waals surface area contributed by atoms with Crippen LogP contribution in [0.1, 0.15) is 64.9 Å². The molecule has 1 saturated carbocycles. The lowest BCUT2D eigenvalue weighted by atomic mass is 9.79. The molecule has 37 heavy (non-hydrogen) atoms. The predicted octanol–water partition coefficient (Wildman–Crippen LogP) is 6.25. The Morgan fingerprint density at radius 2 is 1.81 bits per heavy atom. The highest BCUT2D eigenvalue weighted by Gasteiger charge is 2.41. The molecule has 0 atom stereocenters. The number of anilines is 4. The highest BCUT2D eigenvalue weighted by molar-refractivity contribution is 5.99. The molecule has 2 heterocycles. The zero-order chi connectivity index (χ0) is 27.2. The molecule has 9 nitrogen and oxygen atoms in total. The van der Waals surface area contributed by atoms with Crippen molar-refractivity contribution in [3.63, 3.8) is 0 Å². The van der Waals surface area contributed by atoms with Gasteiger partial charge in [-0.2, -0.15) is 28.7 Å². The summed E-state index contributed by atoms with van der Waals surface area (Å²) in [6, 6.07) is 4.60. The van der Waals surface area contributed by atoms with E-state index in [-0.39, 0.29) is 45.5 Å². The average Bonchev–Trinajstić information content (AvgIpc) is 3.59. The second-order valence-corrected chi connectivity index (χ2v) is 11.0. The highest BCUT2D eigenvalue weighted by Crippen LogP contribution is 2.46. The number of hydrogen-bond donors (Lipinski definition) is 5. The summed E-state index contributed by atoms with van der Waals surface area (Å²) in [6.07, 6.45) is -0.873. The van der Waals surface area contributed by atoms with Gasteiger partial charge in [0.15, 0.2) is 11.6 Å². The maximum atomic E-state index is 14.6. The molecule has 200 valence electrons. The number of nitrogens with one attached hydrogen (secondary N) is 5. The summed E-state index contributed by atoms with van der Waals surface area (Å²) in [6.45, 7) is 8.33. The van der Waals surface area contributed by atoms with E-state index in [1.54, 1.807) is 12.1 Å². The van der Waals surface area contributed by atoms with Crippen LogP contribution in [0.3, 0.4) is 0 Å². The van der Waals surface area contributed by atoms with Crippen LogP contribution in [0.5, 0.6) is 0 Å². The summed E-state index contributed by atoms with van der Waals surface area (Å²) in [5, 5.41) is 20.4. The quantitative estimate of drug-likeness (QED) is 0.0964. The Labute approximate surface area is 212 Å². The van der Waals surface area contributed by atoms with Crippen molar-refractivity contribution in [3.05, 3.63) is 35.8 Å². The third-order valence-corrected chi connectivity index (χ3v) is 6.39. The minimum atomic E-state index is -4.98. The molecule has 1 saturated heterocycles. The van der Waals surface area contributed by atoms with Crippen LogP contribution in [-0.4, -0.2) is 39.1 Å². The normalized spacial score (nSPS) is 19.2. The molecule has 2 aromatic rings. The zero-order valence-electron chi connectivity index (χ0n) is 21.1. The maximum absolute atomic E-state index is 14.6. The molecule has 0 radical (unpaired) electrons. The van der Waals surface area contributed by atoms with Crippen LogP contribution in [0.15, 0.2) is 29.6 Å². The Morgan fingerprint density at radius 3 is 2.38 bits per heavy atom. The van der Waals surface area contributed by atoms with Crippen molar-refractivity contribution in [2.45, 2.75) is 82.6 Å². The van der Waals surface area contributed by atoms with Crippen molar-refractivity contribution < 1.29 is 17.6 Å². The van der Waals surface area contributed by atoms with Gasteiger partial charge >= 0.3 is 6.18 Å². The van der Waals surface area contributed by atoms with E-state index in [4.69, 9.17) is 10.9 Å². The molecule has 13 heteroatoms. The average molecular weight is 522 g/mol. The van der Waals surface area contributed by atoms with Gasteiger partial charge in [-0.1, -0.05) is 11.3 Å². The molecule has 0 amide bonds. The first-order valence-electron chi connectivity index (χ1n) is 12.0. The van der Waals surface area contributed by atoms with E-state index in [0.717, 1.165) is 31.9 Å². The highest BCUT2D eigenvalue weighted by atomic mass is 19.4.